The van der Waals surface area contributed by atoms with Crippen LogP contribution in [0.25, 0.3) is 0 Å². The quantitative estimate of drug-likeness (QED) is 0.640. The normalized spacial score (nSPS) is 11.6. The van der Waals surface area contributed by atoms with Crippen molar-refractivity contribution < 1.29 is 0 Å². The molecular formula is C21H28N4. The summed E-state index contributed by atoms with van der Waals surface area (Å²) in [6, 6.07) is 8.81. The van der Waals surface area contributed by atoms with Crippen LogP contribution in [-0.4, -0.2) is 21.4 Å². The molecule has 0 radical (unpaired) electrons. The second-order valence-corrected chi connectivity index (χ2v) is 5.98. The molecule has 0 saturated heterocycles. The van der Waals surface area contributed by atoms with Gasteiger partial charge in [-0.1, -0.05) is 49.9 Å². The number of aryl methyl sites for hydroxylation is 1. The van der Waals surface area contributed by atoms with E-state index in [9.17, 15) is 0 Å². The number of imidazole rings is 1. The number of rotatable bonds is 10. The van der Waals surface area contributed by atoms with E-state index >= 15 is 0 Å². The predicted octanol–water partition coefficient (Wildman–Crippen LogP) is 4.17. The topological polar surface area (TPSA) is 44.0 Å². The van der Waals surface area contributed by atoms with Gasteiger partial charge in [-0.25, -0.2) is 4.98 Å². The lowest BCUT2D eigenvalue weighted by atomic mass is 10.1. The van der Waals surface area contributed by atoms with Crippen LogP contribution in [0.15, 0.2) is 73.4 Å². The van der Waals surface area contributed by atoms with Crippen LogP contribution in [0.2, 0.25) is 0 Å². The maximum atomic E-state index is 4.35. The van der Waals surface area contributed by atoms with E-state index in [0.29, 0.717) is 0 Å². The summed E-state index contributed by atoms with van der Waals surface area (Å²) >= 11 is 0. The monoisotopic (exact) mass is 336 g/mol. The molecule has 25 heavy (non-hydrogen) atoms. The second kappa shape index (κ2) is 10.3. The predicted molar refractivity (Wildman–Crippen MR) is 105 cm³/mol. The molecule has 2 N–H and O–H groups in total. The van der Waals surface area contributed by atoms with Gasteiger partial charge in [-0.15, -0.1) is 0 Å². The van der Waals surface area contributed by atoms with Gasteiger partial charge in [0.2, 0.25) is 0 Å². The molecule has 0 bridgehead atoms. The van der Waals surface area contributed by atoms with E-state index in [0.717, 1.165) is 37.6 Å². The molecule has 0 amide bonds. The molecule has 0 atom stereocenters. The van der Waals surface area contributed by atoms with E-state index in [-0.39, 0.29) is 0 Å². The molecule has 0 aliphatic rings. The maximum Gasteiger partial charge on any atom is 0.120 e. The van der Waals surface area contributed by atoms with Crippen molar-refractivity contribution in [1.82, 2.24) is 20.2 Å². The molecule has 4 nitrogen and oxygen atoms in total. The largest absolute Gasteiger partial charge is 0.364 e. The third-order valence-electron chi connectivity index (χ3n) is 3.87. The summed E-state index contributed by atoms with van der Waals surface area (Å²) in [6.45, 7) is 10.7. The number of hydrogen-bond donors (Lipinski definition) is 2. The fourth-order valence-corrected chi connectivity index (χ4v) is 2.55. The number of allylic oxidation sites excluding steroid dienone is 3. The number of nitrogens with zero attached hydrogens (tertiary/aromatic N) is 2. The molecule has 0 aliphatic carbocycles. The maximum absolute atomic E-state index is 4.35. The minimum atomic E-state index is 0.746. The highest BCUT2D eigenvalue weighted by Crippen LogP contribution is 2.11. The van der Waals surface area contributed by atoms with E-state index in [1.807, 2.05) is 37.5 Å². The molecule has 4 heteroatoms. The van der Waals surface area contributed by atoms with Crippen molar-refractivity contribution in [2.75, 3.05) is 6.54 Å². The minimum Gasteiger partial charge on any atom is -0.364 e. The Kier molecular flexibility index (Phi) is 7.73. The zero-order valence-electron chi connectivity index (χ0n) is 15.2. The van der Waals surface area contributed by atoms with Crippen molar-refractivity contribution in [3.8, 4) is 0 Å². The highest BCUT2D eigenvalue weighted by atomic mass is 15.2. The van der Waals surface area contributed by atoms with Crippen LogP contribution in [0.4, 0.5) is 0 Å². The molecule has 1 aromatic carbocycles. The number of H-pyrrole nitrogens is 1. The zero-order chi connectivity index (χ0) is 17.9. The smallest absolute Gasteiger partial charge is 0.120 e. The van der Waals surface area contributed by atoms with Crippen LogP contribution >= 0.6 is 0 Å². The van der Waals surface area contributed by atoms with Gasteiger partial charge in [-0.05, 0) is 30.5 Å². The van der Waals surface area contributed by atoms with Gasteiger partial charge >= 0.3 is 0 Å². The number of aromatic amines is 1. The van der Waals surface area contributed by atoms with E-state index in [4.69, 9.17) is 0 Å². The van der Waals surface area contributed by atoms with Gasteiger partial charge in [0.1, 0.15) is 5.82 Å². The van der Waals surface area contributed by atoms with Crippen molar-refractivity contribution in [3.63, 3.8) is 0 Å². The van der Waals surface area contributed by atoms with Crippen LogP contribution in [0.3, 0.4) is 0 Å². The van der Waals surface area contributed by atoms with Crippen LogP contribution in [-0.2, 0) is 19.5 Å². The fourth-order valence-electron chi connectivity index (χ4n) is 2.55. The van der Waals surface area contributed by atoms with Gasteiger partial charge in [-0.3, -0.25) is 4.90 Å². The molecule has 2 rings (SSSR count). The lowest BCUT2D eigenvalue weighted by Gasteiger charge is -2.22. The molecule has 1 heterocycles. The highest BCUT2D eigenvalue weighted by Gasteiger charge is 2.10. The Bertz CT molecular complexity index is 681. The summed E-state index contributed by atoms with van der Waals surface area (Å²) < 4.78 is 0. The Morgan fingerprint density at radius 1 is 1.20 bits per heavy atom. The summed E-state index contributed by atoms with van der Waals surface area (Å²) in [5.74, 6) is 0.961. The molecule has 0 saturated carbocycles. The number of hydrogen-bond acceptors (Lipinski definition) is 3. The van der Waals surface area contributed by atoms with Crippen molar-refractivity contribution in [1.29, 1.82) is 0 Å². The van der Waals surface area contributed by atoms with Gasteiger partial charge in [0.25, 0.3) is 0 Å². The molecule has 0 spiro atoms. The van der Waals surface area contributed by atoms with E-state index < -0.39 is 0 Å². The van der Waals surface area contributed by atoms with Crippen molar-refractivity contribution in [2.45, 2.75) is 33.4 Å². The summed E-state index contributed by atoms with van der Waals surface area (Å²) in [5.41, 5.74) is 3.61. The van der Waals surface area contributed by atoms with Gasteiger partial charge in [0, 0.05) is 37.4 Å². The number of nitrogens with one attached hydrogen (secondary N) is 2. The van der Waals surface area contributed by atoms with Crippen LogP contribution in [0.5, 0.6) is 0 Å². The first-order valence-corrected chi connectivity index (χ1v) is 8.71. The lowest BCUT2D eigenvalue weighted by molar-refractivity contribution is 0.270. The van der Waals surface area contributed by atoms with E-state index in [1.54, 1.807) is 6.20 Å². The first-order valence-electron chi connectivity index (χ1n) is 8.71. The SMILES string of the molecule is C=C(CN(Cc1ccc(CC)cc1)Cc1ncc[nH]1)N/C=C\C=C\C. The third-order valence-corrected chi connectivity index (χ3v) is 3.87. The minimum absolute atomic E-state index is 0.746. The molecule has 132 valence electrons. The average Bonchev–Trinajstić information content (AvgIpc) is 3.12. The Labute approximate surface area is 151 Å². The Balaban J connectivity index is 2.00. The average molecular weight is 336 g/mol. The number of aromatic nitrogens is 2. The van der Waals surface area contributed by atoms with Crippen molar-refractivity contribution in [3.05, 3.63) is 90.3 Å². The Morgan fingerprint density at radius 3 is 2.60 bits per heavy atom. The highest BCUT2D eigenvalue weighted by molar-refractivity contribution is 5.22. The summed E-state index contributed by atoms with van der Waals surface area (Å²) in [6.07, 6.45) is 12.6. The first kappa shape index (κ1) is 18.7. The van der Waals surface area contributed by atoms with Gasteiger partial charge in [0.05, 0.1) is 6.54 Å². The van der Waals surface area contributed by atoms with Crippen molar-refractivity contribution >= 4 is 0 Å². The van der Waals surface area contributed by atoms with Gasteiger partial charge in [-0.2, -0.15) is 0 Å². The van der Waals surface area contributed by atoms with Crippen molar-refractivity contribution in [2.24, 2.45) is 0 Å². The van der Waals surface area contributed by atoms with Gasteiger partial charge < -0.3 is 10.3 Å². The molecular weight excluding hydrogens is 308 g/mol. The third kappa shape index (κ3) is 6.81. The Hall–Kier alpha value is -2.59. The molecule has 0 fully saturated rings. The standard InChI is InChI=1S/C21H28N4/c1-4-6-7-12-22-18(3)15-25(17-21-23-13-14-24-21)16-20-10-8-19(5-2)9-11-20/h4,6-14,22H,3,5,15-17H2,1-2H3,(H,23,24)/b6-4+,12-7-. The van der Waals surface area contributed by atoms with Crippen LogP contribution < -0.4 is 5.32 Å². The summed E-state index contributed by atoms with van der Waals surface area (Å²) in [4.78, 5) is 9.85. The van der Waals surface area contributed by atoms with E-state index in [2.05, 4.69) is 58.0 Å². The summed E-state index contributed by atoms with van der Waals surface area (Å²) in [5, 5.41) is 3.23. The second-order valence-electron chi connectivity index (χ2n) is 5.98. The lowest BCUT2D eigenvalue weighted by Crippen LogP contribution is -2.28. The van der Waals surface area contributed by atoms with Gasteiger partial charge in [0.15, 0.2) is 0 Å². The molecule has 0 aliphatic heterocycles. The Morgan fingerprint density at radius 2 is 1.96 bits per heavy atom. The van der Waals surface area contributed by atoms with Crippen LogP contribution in [0, 0.1) is 0 Å². The fraction of sp³-hybridized carbons (Fsp3) is 0.286. The zero-order valence-corrected chi connectivity index (χ0v) is 15.2. The molecule has 1 aromatic heterocycles. The molecule has 2 aromatic rings. The van der Waals surface area contributed by atoms with E-state index in [1.165, 1.54) is 11.1 Å². The van der Waals surface area contributed by atoms with Crippen LogP contribution in [0.1, 0.15) is 30.8 Å². The molecule has 0 unspecified atom stereocenters. The first-order chi connectivity index (χ1) is 12.2. The number of benzene rings is 1. The summed E-state index contributed by atoms with van der Waals surface area (Å²) in [7, 11) is 0.